The Labute approximate surface area is 153 Å². The summed E-state index contributed by atoms with van der Waals surface area (Å²) in [4.78, 5) is 21.6. The van der Waals surface area contributed by atoms with Crippen molar-refractivity contribution < 1.29 is 4.79 Å². The Balaban J connectivity index is 1.38. The van der Waals surface area contributed by atoms with Crippen molar-refractivity contribution in [3.8, 4) is 0 Å². The van der Waals surface area contributed by atoms with Crippen molar-refractivity contribution in [1.29, 1.82) is 0 Å². The van der Waals surface area contributed by atoms with Crippen molar-refractivity contribution in [3.63, 3.8) is 0 Å². The van der Waals surface area contributed by atoms with E-state index in [4.69, 9.17) is 0 Å². The summed E-state index contributed by atoms with van der Waals surface area (Å²) in [6.07, 6.45) is 8.07. The smallest absolute Gasteiger partial charge is 0.291 e. The zero-order valence-corrected chi connectivity index (χ0v) is 15.8. The third-order valence-corrected chi connectivity index (χ3v) is 7.17. The maximum Gasteiger partial charge on any atom is 0.291 e. The second kappa shape index (κ2) is 5.51. The Hall–Kier alpha value is -1.98. The molecule has 4 aliphatic rings. The molecular weight excluding hydrogens is 326 g/mol. The normalized spacial score (nSPS) is 33.6. The minimum absolute atomic E-state index is 0.171. The first-order valence-electron chi connectivity index (χ1n) is 9.94. The Bertz CT molecular complexity index is 850. The van der Waals surface area contributed by atoms with Gasteiger partial charge in [-0.3, -0.25) is 4.79 Å². The van der Waals surface area contributed by atoms with Gasteiger partial charge in [-0.1, -0.05) is 0 Å². The van der Waals surface area contributed by atoms with Gasteiger partial charge in [-0.15, -0.1) is 5.10 Å². The van der Waals surface area contributed by atoms with Crippen LogP contribution in [0.5, 0.6) is 0 Å². The number of aryl methyl sites for hydroxylation is 2. The molecule has 0 radical (unpaired) electrons. The van der Waals surface area contributed by atoms with Crippen molar-refractivity contribution in [2.24, 2.45) is 23.2 Å². The van der Waals surface area contributed by atoms with E-state index in [9.17, 15) is 4.79 Å². The van der Waals surface area contributed by atoms with Crippen LogP contribution in [0.4, 0.5) is 0 Å². The van der Waals surface area contributed by atoms with Crippen molar-refractivity contribution in [3.05, 3.63) is 23.3 Å². The minimum Gasteiger partial charge on any atom is -0.346 e. The number of carbonyl (C=O) groups is 1. The Morgan fingerprint density at radius 3 is 2.38 bits per heavy atom. The summed E-state index contributed by atoms with van der Waals surface area (Å²) in [6.45, 7) is 6.07. The van der Waals surface area contributed by atoms with Crippen molar-refractivity contribution in [2.45, 2.75) is 65.3 Å². The first-order valence-corrected chi connectivity index (χ1v) is 9.94. The van der Waals surface area contributed by atoms with Gasteiger partial charge in [0.05, 0.1) is 0 Å². The lowest BCUT2D eigenvalue weighted by Gasteiger charge is -2.59. The number of carbonyl (C=O) groups excluding carboxylic acids is 1. The SMILES string of the molecule is Cc1cc(C)n2nc(C(=O)N[C@@H](C)C34CC5CC(CC(C5)C3)C4)nc2n1. The molecule has 1 amide bonds. The van der Waals surface area contributed by atoms with Gasteiger partial charge in [-0.25, -0.2) is 9.50 Å². The van der Waals surface area contributed by atoms with E-state index in [0.29, 0.717) is 5.78 Å². The van der Waals surface area contributed by atoms with E-state index >= 15 is 0 Å². The summed E-state index contributed by atoms with van der Waals surface area (Å²) in [5.74, 6) is 3.19. The van der Waals surface area contributed by atoms with Gasteiger partial charge in [0.15, 0.2) is 0 Å². The van der Waals surface area contributed by atoms with Crippen LogP contribution in [0.15, 0.2) is 6.07 Å². The van der Waals surface area contributed by atoms with Crippen LogP contribution >= 0.6 is 0 Å². The predicted molar refractivity (Wildman–Crippen MR) is 97.8 cm³/mol. The van der Waals surface area contributed by atoms with Crippen LogP contribution in [0, 0.1) is 37.0 Å². The van der Waals surface area contributed by atoms with E-state index in [1.807, 2.05) is 19.9 Å². The number of amides is 1. The third-order valence-electron chi connectivity index (χ3n) is 7.17. The Morgan fingerprint density at radius 1 is 1.15 bits per heavy atom. The summed E-state index contributed by atoms with van der Waals surface area (Å²) in [5.41, 5.74) is 2.11. The minimum atomic E-state index is -0.171. The lowest BCUT2D eigenvalue weighted by atomic mass is 9.48. The number of aromatic nitrogens is 4. The van der Waals surface area contributed by atoms with Crippen LogP contribution in [0.1, 0.15) is 67.5 Å². The van der Waals surface area contributed by atoms with Crippen LogP contribution in [-0.4, -0.2) is 31.5 Å². The fourth-order valence-electron chi connectivity index (χ4n) is 6.38. The van der Waals surface area contributed by atoms with E-state index in [-0.39, 0.29) is 23.2 Å². The first kappa shape index (κ1) is 16.2. The van der Waals surface area contributed by atoms with Gasteiger partial charge in [0.2, 0.25) is 5.82 Å². The lowest BCUT2D eigenvalue weighted by Crippen LogP contribution is -2.55. The molecule has 2 heterocycles. The largest absolute Gasteiger partial charge is 0.346 e. The molecule has 1 atom stereocenters. The van der Waals surface area contributed by atoms with Crippen LogP contribution in [0.25, 0.3) is 5.78 Å². The lowest BCUT2D eigenvalue weighted by molar-refractivity contribution is -0.0688. The molecule has 0 spiro atoms. The maximum atomic E-state index is 12.8. The average Bonchev–Trinajstić information content (AvgIpc) is 2.98. The van der Waals surface area contributed by atoms with Crippen LogP contribution in [-0.2, 0) is 0 Å². The summed E-state index contributed by atoms with van der Waals surface area (Å²) in [7, 11) is 0. The van der Waals surface area contributed by atoms with Gasteiger partial charge in [-0.05, 0) is 88.5 Å². The number of hydrogen-bond donors (Lipinski definition) is 1. The average molecular weight is 353 g/mol. The fraction of sp³-hybridized carbons (Fsp3) is 0.700. The molecule has 6 nitrogen and oxygen atoms in total. The third kappa shape index (κ3) is 2.45. The molecule has 4 fully saturated rings. The van der Waals surface area contributed by atoms with E-state index < -0.39 is 0 Å². The number of nitrogens with zero attached hydrogens (tertiary/aromatic N) is 4. The van der Waals surface area contributed by atoms with Crippen molar-refractivity contribution in [2.75, 3.05) is 0 Å². The van der Waals surface area contributed by atoms with E-state index in [1.165, 1.54) is 38.5 Å². The highest BCUT2D eigenvalue weighted by Crippen LogP contribution is 2.61. The van der Waals surface area contributed by atoms with Gasteiger partial charge < -0.3 is 5.32 Å². The molecule has 2 aromatic heterocycles. The predicted octanol–water partition coefficient (Wildman–Crippen LogP) is 3.08. The molecule has 4 bridgehead atoms. The van der Waals surface area contributed by atoms with Gasteiger partial charge in [0.25, 0.3) is 11.7 Å². The highest BCUT2D eigenvalue weighted by atomic mass is 16.2. The molecule has 0 saturated heterocycles. The highest BCUT2D eigenvalue weighted by molar-refractivity contribution is 5.91. The molecule has 26 heavy (non-hydrogen) atoms. The Morgan fingerprint density at radius 2 is 1.77 bits per heavy atom. The quantitative estimate of drug-likeness (QED) is 0.920. The van der Waals surface area contributed by atoms with Gasteiger partial charge in [-0.2, -0.15) is 4.98 Å². The van der Waals surface area contributed by atoms with Gasteiger partial charge in [0.1, 0.15) is 0 Å². The van der Waals surface area contributed by atoms with Crippen molar-refractivity contribution in [1.82, 2.24) is 24.9 Å². The standard InChI is InChI=1S/C20H27N5O/c1-11-4-12(2)25-19(21-11)23-17(24-25)18(26)22-13(3)20-8-14-5-15(9-20)7-16(6-14)10-20/h4,13-16H,5-10H2,1-3H3,(H,22,26)/t13-,14?,15?,16?,20?/m0/s1. The highest BCUT2D eigenvalue weighted by Gasteiger charge is 2.53. The zero-order valence-electron chi connectivity index (χ0n) is 15.8. The van der Waals surface area contributed by atoms with Crippen LogP contribution in [0.2, 0.25) is 0 Å². The second-order valence-corrected chi connectivity index (χ2v) is 9.16. The molecule has 2 aromatic rings. The number of hydrogen-bond acceptors (Lipinski definition) is 4. The molecular formula is C20H27N5O. The van der Waals surface area contributed by atoms with E-state index in [2.05, 4.69) is 27.3 Å². The molecule has 0 aromatic carbocycles. The van der Waals surface area contributed by atoms with Gasteiger partial charge in [0, 0.05) is 17.4 Å². The molecule has 138 valence electrons. The van der Waals surface area contributed by atoms with Crippen molar-refractivity contribution >= 4 is 11.7 Å². The van der Waals surface area contributed by atoms with E-state index in [1.54, 1.807) is 4.52 Å². The number of rotatable bonds is 3. The number of nitrogens with one attached hydrogen (secondary N) is 1. The second-order valence-electron chi connectivity index (χ2n) is 9.16. The summed E-state index contributed by atoms with van der Waals surface area (Å²) < 4.78 is 1.65. The molecule has 4 saturated carbocycles. The molecule has 6 heteroatoms. The molecule has 4 aliphatic carbocycles. The topological polar surface area (TPSA) is 72.2 Å². The fourth-order valence-corrected chi connectivity index (χ4v) is 6.38. The monoisotopic (exact) mass is 353 g/mol. The van der Waals surface area contributed by atoms with Gasteiger partial charge >= 0.3 is 0 Å². The first-order chi connectivity index (χ1) is 12.4. The zero-order chi connectivity index (χ0) is 18.1. The Kier molecular flexibility index (Phi) is 3.43. The molecule has 6 rings (SSSR count). The van der Waals surface area contributed by atoms with Crippen LogP contribution in [0.3, 0.4) is 0 Å². The molecule has 0 aliphatic heterocycles. The summed E-state index contributed by atoms with van der Waals surface area (Å²) >= 11 is 0. The van der Waals surface area contributed by atoms with E-state index in [0.717, 1.165) is 29.1 Å². The molecule has 0 unspecified atom stereocenters. The number of fused-ring (bicyclic) bond motifs is 1. The summed E-state index contributed by atoms with van der Waals surface area (Å²) in [6, 6.07) is 2.12. The van der Waals surface area contributed by atoms with Crippen LogP contribution < -0.4 is 5.32 Å². The maximum absolute atomic E-state index is 12.8. The molecule has 1 N–H and O–H groups in total. The summed E-state index contributed by atoms with van der Waals surface area (Å²) in [5, 5.41) is 7.63.